The number of amides is 1. The number of para-hydroxylation sites is 1. The number of aromatic nitrogens is 2. The first-order valence-electron chi connectivity index (χ1n) is 8.75. The predicted octanol–water partition coefficient (Wildman–Crippen LogP) is 2.13. The number of rotatable bonds is 2. The topological polar surface area (TPSA) is 67.2 Å². The highest BCUT2D eigenvalue weighted by molar-refractivity contribution is 5.82. The molecule has 1 aliphatic rings. The molecule has 0 aliphatic carbocycles. The van der Waals surface area contributed by atoms with E-state index < -0.39 is 0 Å². The van der Waals surface area contributed by atoms with Crippen LogP contribution in [0, 0.1) is 0 Å². The Bertz CT molecular complexity index is 1020. The van der Waals surface area contributed by atoms with Gasteiger partial charge in [0.25, 0.3) is 5.56 Å². The average Bonchev–Trinajstić information content (AvgIpc) is 2.67. The van der Waals surface area contributed by atoms with Crippen molar-refractivity contribution >= 4 is 28.5 Å². The van der Waals surface area contributed by atoms with Crippen molar-refractivity contribution < 1.29 is 9.53 Å². The van der Waals surface area contributed by atoms with Gasteiger partial charge < -0.3 is 14.5 Å². The number of carbonyl (C=O) groups is 1. The molecule has 0 spiro atoms. The normalized spacial score (nSPS) is 14.8. The van der Waals surface area contributed by atoms with Crippen LogP contribution in [0.15, 0.2) is 47.3 Å². The molecule has 3 aromatic rings. The Hall–Kier alpha value is -3.09. The second-order valence-electron chi connectivity index (χ2n) is 6.21. The van der Waals surface area contributed by atoms with E-state index in [4.69, 9.17) is 4.74 Å². The van der Waals surface area contributed by atoms with Crippen LogP contribution >= 0.6 is 0 Å². The summed E-state index contributed by atoms with van der Waals surface area (Å²) in [4.78, 5) is 32.9. The summed E-state index contributed by atoms with van der Waals surface area (Å²) >= 11 is 0. The van der Waals surface area contributed by atoms with Crippen molar-refractivity contribution in [2.75, 3.05) is 37.7 Å². The van der Waals surface area contributed by atoms with Crippen molar-refractivity contribution in [3.05, 3.63) is 52.8 Å². The molecular weight excluding hydrogens is 332 g/mol. The number of hydrogen-bond donors (Lipinski definition) is 0. The van der Waals surface area contributed by atoms with Crippen molar-refractivity contribution in [3.8, 4) is 0 Å². The highest BCUT2D eigenvalue weighted by Gasteiger charge is 2.23. The van der Waals surface area contributed by atoms with Crippen molar-refractivity contribution in [2.24, 2.45) is 0 Å². The van der Waals surface area contributed by atoms with Crippen LogP contribution in [0.3, 0.4) is 0 Å². The molecule has 3 heterocycles. The van der Waals surface area contributed by atoms with Gasteiger partial charge in [0, 0.05) is 32.2 Å². The lowest BCUT2D eigenvalue weighted by Gasteiger charge is -2.34. The first-order valence-corrected chi connectivity index (χ1v) is 8.75. The van der Waals surface area contributed by atoms with Gasteiger partial charge in [0.15, 0.2) is 0 Å². The molecule has 1 aromatic carbocycles. The van der Waals surface area contributed by atoms with Crippen molar-refractivity contribution in [1.29, 1.82) is 0 Å². The van der Waals surface area contributed by atoms with E-state index in [2.05, 4.69) is 4.98 Å². The van der Waals surface area contributed by atoms with Crippen molar-refractivity contribution in [3.63, 3.8) is 0 Å². The summed E-state index contributed by atoms with van der Waals surface area (Å²) in [6.07, 6.45) is -0.287. The molecule has 1 fully saturated rings. The Morgan fingerprint density at radius 1 is 1.12 bits per heavy atom. The maximum Gasteiger partial charge on any atom is 0.409 e. The highest BCUT2D eigenvalue weighted by atomic mass is 16.6. The molecule has 4 rings (SSSR count). The summed E-state index contributed by atoms with van der Waals surface area (Å²) in [6, 6.07) is 13.2. The molecule has 0 unspecified atom stereocenters. The van der Waals surface area contributed by atoms with Crippen LogP contribution in [0.5, 0.6) is 0 Å². The average molecular weight is 352 g/mol. The molecule has 0 radical (unpaired) electrons. The summed E-state index contributed by atoms with van der Waals surface area (Å²) in [7, 11) is 0. The maximum absolute atomic E-state index is 12.7. The van der Waals surface area contributed by atoms with E-state index in [1.54, 1.807) is 22.3 Å². The van der Waals surface area contributed by atoms with Gasteiger partial charge in [-0.05, 0) is 30.5 Å². The summed E-state index contributed by atoms with van der Waals surface area (Å²) < 4.78 is 6.67. The number of benzene rings is 1. The number of piperazine rings is 1. The van der Waals surface area contributed by atoms with Crippen LogP contribution in [-0.2, 0) is 4.74 Å². The molecule has 7 nitrogen and oxygen atoms in total. The highest BCUT2D eigenvalue weighted by Crippen LogP contribution is 2.18. The van der Waals surface area contributed by atoms with E-state index in [0.29, 0.717) is 44.3 Å². The number of pyridine rings is 1. The third-order valence-corrected chi connectivity index (χ3v) is 4.65. The minimum atomic E-state index is -0.287. The maximum atomic E-state index is 12.7. The fourth-order valence-electron chi connectivity index (χ4n) is 3.33. The Kier molecular flexibility index (Phi) is 4.20. The lowest BCUT2D eigenvalue weighted by atomic mass is 10.2. The van der Waals surface area contributed by atoms with Crippen LogP contribution in [0.25, 0.3) is 16.6 Å². The van der Waals surface area contributed by atoms with Gasteiger partial charge in [-0.25, -0.2) is 9.78 Å². The van der Waals surface area contributed by atoms with Gasteiger partial charge in [-0.2, -0.15) is 0 Å². The van der Waals surface area contributed by atoms with Crippen LogP contribution in [0.2, 0.25) is 0 Å². The molecule has 1 saturated heterocycles. The van der Waals surface area contributed by atoms with E-state index in [0.717, 1.165) is 10.9 Å². The van der Waals surface area contributed by atoms with Crippen LogP contribution in [0.1, 0.15) is 6.92 Å². The predicted molar refractivity (Wildman–Crippen MR) is 99.8 cm³/mol. The first-order chi connectivity index (χ1) is 12.7. The monoisotopic (exact) mass is 352 g/mol. The first kappa shape index (κ1) is 16.4. The van der Waals surface area contributed by atoms with E-state index in [-0.39, 0.29) is 11.7 Å². The zero-order valence-corrected chi connectivity index (χ0v) is 14.6. The quantitative estimate of drug-likeness (QED) is 0.661. The molecule has 1 amide bonds. The molecular formula is C19H20N4O3. The van der Waals surface area contributed by atoms with Gasteiger partial charge in [-0.1, -0.05) is 18.2 Å². The van der Waals surface area contributed by atoms with Gasteiger partial charge in [0.05, 0.1) is 12.1 Å². The SMILES string of the molecule is CCOC(=O)N1CCN(c2cc(=O)n3c(ccc4ccccc43)n2)CC1. The summed E-state index contributed by atoms with van der Waals surface area (Å²) in [5, 5.41) is 1.000. The lowest BCUT2D eigenvalue weighted by Crippen LogP contribution is -2.49. The number of hydrogen-bond acceptors (Lipinski definition) is 5. The lowest BCUT2D eigenvalue weighted by molar-refractivity contribution is 0.105. The Balaban J connectivity index is 1.64. The molecule has 134 valence electrons. The second-order valence-corrected chi connectivity index (χ2v) is 6.21. The van der Waals surface area contributed by atoms with E-state index in [1.807, 2.05) is 41.3 Å². The van der Waals surface area contributed by atoms with E-state index >= 15 is 0 Å². The van der Waals surface area contributed by atoms with Crippen LogP contribution in [0.4, 0.5) is 10.6 Å². The number of nitrogens with zero attached hydrogens (tertiary/aromatic N) is 4. The van der Waals surface area contributed by atoms with Crippen molar-refractivity contribution in [2.45, 2.75) is 6.92 Å². The van der Waals surface area contributed by atoms with Gasteiger partial charge in [0.1, 0.15) is 11.5 Å². The van der Waals surface area contributed by atoms with Crippen LogP contribution in [-0.4, -0.2) is 53.2 Å². The minimum absolute atomic E-state index is 0.102. The van der Waals surface area contributed by atoms with E-state index in [1.165, 1.54) is 0 Å². The van der Waals surface area contributed by atoms with Crippen molar-refractivity contribution in [1.82, 2.24) is 14.3 Å². The Morgan fingerprint density at radius 3 is 2.65 bits per heavy atom. The fraction of sp³-hybridized carbons (Fsp3) is 0.316. The fourth-order valence-corrected chi connectivity index (χ4v) is 3.33. The molecule has 26 heavy (non-hydrogen) atoms. The molecule has 0 bridgehead atoms. The van der Waals surface area contributed by atoms with Gasteiger partial charge in [-0.15, -0.1) is 0 Å². The number of carbonyl (C=O) groups excluding carboxylic acids is 1. The van der Waals surface area contributed by atoms with Crippen LogP contribution < -0.4 is 10.5 Å². The van der Waals surface area contributed by atoms with E-state index in [9.17, 15) is 9.59 Å². The number of anilines is 1. The molecule has 0 N–H and O–H groups in total. The van der Waals surface area contributed by atoms with Gasteiger partial charge in [0.2, 0.25) is 0 Å². The Morgan fingerprint density at radius 2 is 1.88 bits per heavy atom. The molecule has 2 aromatic heterocycles. The summed E-state index contributed by atoms with van der Waals surface area (Å²) in [5.41, 5.74) is 1.37. The standard InChI is InChI=1S/C19H20N4O3/c1-2-26-19(25)22-11-9-21(10-12-22)17-13-18(24)23-15-6-4-3-5-14(15)7-8-16(23)20-17/h3-8,13H,2,9-12H2,1H3. The number of fused-ring (bicyclic) bond motifs is 3. The third kappa shape index (κ3) is 2.85. The molecule has 7 heteroatoms. The van der Waals surface area contributed by atoms with Gasteiger partial charge >= 0.3 is 6.09 Å². The zero-order chi connectivity index (χ0) is 18.1. The largest absolute Gasteiger partial charge is 0.450 e. The molecule has 0 atom stereocenters. The zero-order valence-electron chi connectivity index (χ0n) is 14.6. The summed E-state index contributed by atoms with van der Waals surface area (Å²) in [5.74, 6) is 0.647. The third-order valence-electron chi connectivity index (χ3n) is 4.65. The van der Waals surface area contributed by atoms with Gasteiger partial charge in [-0.3, -0.25) is 9.20 Å². The molecule has 1 aliphatic heterocycles. The second kappa shape index (κ2) is 6.67. The minimum Gasteiger partial charge on any atom is -0.450 e. The molecule has 0 saturated carbocycles. The summed E-state index contributed by atoms with van der Waals surface area (Å²) in [6.45, 7) is 4.51. The number of ether oxygens (including phenoxy) is 1. The smallest absolute Gasteiger partial charge is 0.409 e. The Labute approximate surface area is 150 Å².